The lowest BCUT2D eigenvalue weighted by molar-refractivity contribution is -0.136. The van der Waals surface area contributed by atoms with Gasteiger partial charge >= 0.3 is 0 Å². The van der Waals surface area contributed by atoms with Crippen LogP contribution in [0.5, 0.6) is 0 Å². The van der Waals surface area contributed by atoms with Crippen LogP contribution in [-0.4, -0.2) is 48.0 Å². The Morgan fingerprint density at radius 3 is 2.74 bits per heavy atom. The minimum absolute atomic E-state index is 0.00966. The standard InChI is InChI=1S/C20H26N6O/c1-13-22-17-12-26(10-9-15(17)19(23-13)25(2)3)20(27)16-11-21-24-18(16)14-7-5-4-6-8-14/h4-8,16,18,21,24H,9-12H2,1-3H3. The zero-order valence-electron chi connectivity index (χ0n) is 16.1. The Bertz CT molecular complexity index is 838. The van der Waals surface area contributed by atoms with Gasteiger partial charge in [0.05, 0.1) is 24.2 Å². The van der Waals surface area contributed by atoms with Crippen LogP contribution in [0.4, 0.5) is 5.82 Å². The summed E-state index contributed by atoms with van der Waals surface area (Å²) >= 11 is 0. The number of benzene rings is 1. The van der Waals surface area contributed by atoms with Crippen LogP contribution < -0.4 is 15.8 Å². The number of fused-ring (bicyclic) bond motifs is 1. The van der Waals surface area contributed by atoms with Crippen molar-refractivity contribution >= 4 is 11.7 Å². The molecule has 27 heavy (non-hydrogen) atoms. The van der Waals surface area contributed by atoms with Crippen molar-refractivity contribution in [3.05, 3.63) is 53.0 Å². The molecular weight excluding hydrogens is 340 g/mol. The van der Waals surface area contributed by atoms with Gasteiger partial charge in [0.1, 0.15) is 11.6 Å². The molecule has 1 aromatic carbocycles. The second-order valence-corrected chi connectivity index (χ2v) is 7.44. The number of aryl methyl sites for hydroxylation is 1. The zero-order valence-corrected chi connectivity index (χ0v) is 16.1. The van der Waals surface area contributed by atoms with Crippen LogP contribution in [0.2, 0.25) is 0 Å². The minimum Gasteiger partial charge on any atom is -0.362 e. The molecule has 0 aliphatic carbocycles. The third-order valence-electron chi connectivity index (χ3n) is 5.35. The Labute approximate surface area is 159 Å². The number of rotatable bonds is 3. The molecule has 0 spiro atoms. The molecule has 3 heterocycles. The van der Waals surface area contributed by atoms with Crippen molar-refractivity contribution in [2.45, 2.75) is 25.9 Å². The highest BCUT2D eigenvalue weighted by atomic mass is 16.2. The van der Waals surface area contributed by atoms with Crippen LogP contribution in [0.1, 0.15) is 28.7 Å². The topological polar surface area (TPSA) is 73.4 Å². The highest BCUT2D eigenvalue weighted by Gasteiger charge is 2.37. The molecule has 0 radical (unpaired) electrons. The molecule has 4 rings (SSSR count). The van der Waals surface area contributed by atoms with E-state index in [0.29, 0.717) is 19.6 Å². The molecule has 0 bridgehead atoms. The summed E-state index contributed by atoms with van der Waals surface area (Å²) in [7, 11) is 4.00. The fourth-order valence-electron chi connectivity index (χ4n) is 4.03. The maximum atomic E-state index is 13.3. The lowest BCUT2D eigenvalue weighted by Gasteiger charge is -2.33. The molecule has 1 amide bonds. The summed E-state index contributed by atoms with van der Waals surface area (Å²) in [6.07, 6.45) is 0.790. The number of hydrazine groups is 1. The van der Waals surface area contributed by atoms with E-state index in [0.717, 1.165) is 34.9 Å². The Balaban J connectivity index is 1.56. The molecule has 2 N–H and O–H groups in total. The highest BCUT2D eigenvalue weighted by Crippen LogP contribution is 2.30. The molecular formula is C20H26N6O. The first-order valence-electron chi connectivity index (χ1n) is 9.40. The first-order valence-corrected chi connectivity index (χ1v) is 9.40. The lowest BCUT2D eigenvalue weighted by atomic mass is 9.92. The molecule has 7 heteroatoms. The van der Waals surface area contributed by atoms with Crippen LogP contribution in [0.25, 0.3) is 0 Å². The number of anilines is 1. The SMILES string of the molecule is Cc1nc2c(c(N(C)C)n1)CCN(C(=O)C1CNNC1c1ccccc1)C2. The van der Waals surface area contributed by atoms with E-state index in [1.165, 1.54) is 0 Å². The molecule has 7 nitrogen and oxygen atoms in total. The average Bonchev–Trinajstić information content (AvgIpc) is 3.16. The smallest absolute Gasteiger partial charge is 0.229 e. The zero-order chi connectivity index (χ0) is 19.0. The highest BCUT2D eigenvalue weighted by molar-refractivity contribution is 5.81. The van der Waals surface area contributed by atoms with Gasteiger partial charge < -0.3 is 9.80 Å². The summed E-state index contributed by atoms with van der Waals surface area (Å²) in [5.41, 5.74) is 9.70. The number of nitrogens with one attached hydrogen (secondary N) is 2. The largest absolute Gasteiger partial charge is 0.362 e. The van der Waals surface area contributed by atoms with E-state index in [9.17, 15) is 4.79 Å². The number of aromatic nitrogens is 2. The Morgan fingerprint density at radius 2 is 2.00 bits per heavy atom. The van der Waals surface area contributed by atoms with Gasteiger partial charge in [-0.2, -0.15) is 0 Å². The number of amides is 1. The molecule has 2 aromatic rings. The van der Waals surface area contributed by atoms with Crippen molar-refractivity contribution in [3.63, 3.8) is 0 Å². The fraction of sp³-hybridized carbons (Fsp3) is 0.450. The lowest BCUT2D eigenvalue weighted by Crippen LogP contribution is -2.42. The summed E-state index contributed by atoms with van der Waals surface area (Å²) in [5.74, 6) is 1.77. The number of nitrogens with zero attached hydrogens (tertiary/aromatic N) is 4. The summed E-state index contributed by atoms with van der Waals surface area (Å²) in [6, 6.07) is 10.1. The predicted molar refractivity (Wildman–Crippen MR) is 104 cm³/mol. The normalized spacial score (nSPS) is 21.8. The molecule has 142 valence electrons. The average molecular weight is 366 g/mol. The van der Waals surface area contributed by atoms with E-state index in [-0.39, 0.29) is 17.9 Å². The molecule has 1 aromatic heterocycles. The molecule has 2 unspecified atom stereocenters. The number of hydrogen-bond acceptors (Lipinski definition) is 6. The van der Waals surface area contributed by atoms with Gasteiger partial charge in [0.25, 0.3) is 0 Å². The van der Waals surface area contributed by atoms with Crippen molar-refractivity contribution in [1.29, 1.82) is 0 Å². The first-order chi connectivity index (χ1) is 13.0. The van der Waals surface area contributed by atoms with E-state index in [2.05, 4.69) is 33.0 Å². The van der Waals surface area contributed by atoms with Gasteiger partial charge in [0.15, 0.2) is 0 Å². The van der Waals surface area contributed by atoms with Crippen LogP contribution in [0, 0.1) is 12.8 Å². The third-order valence-corrected chi connectivity index (χ3v) is 5.35. The second-order valence-electron chi connectivity index (χ2n) is 7.44. The van der Waals surface area contributed by atoms with Crippen molar-refractivity contribution in [3.8, 4) is 0 Å². The van der Waals surface area contributed by atoms with E-state index < -0.39 is 0 Å². The van der Waals surface area contributed by atoms with Crippen molar-refractivity contribution < 1.29 is 4.79 Å². The molecule has 2 aliphatic rings. The molecule has 0 saturated carbocycles. The Morgan fingerprint density at radius 1 is 1.22 bits per heavy atom. The van der Waals surface area contributed by atoms with E-state index in [4.69, 9.17) is 0 Å². The predicted octanol–water partition coefficient (Wildman–Crippen LogP) is 1.20. The van der Waals surface area contributed by atoms with Gasteiger partial charge in [-0.15, -0.1) is 0 Å². The van der Waals surface area contributed by atoms with E-state index in [1.54, 1.807) is 0 Å². The first kappa shape index (κ1) is 17.9. The quantitative estimate of drug-likeness (QED) is 0.850. The number of carbonyl (C=O) groups is 1. The Kier molecular flexibility index (Phi) is 4.80. The third kappa shape index (κ3) is 3.40. The molecule has 2 atom stereocenters. The number of hydrogen-bond donors (Lipinski definition) is 2. The monoisotopic (exact) mass is 366 g/mol. The number of carbonyl (C=O) groups excluding carboxylic acids is 1. The molecule has 1 saturated heterocycles. The van der Waals surface area contributed by atoms with Crippen LogP contribution in [-0.2, 0) is 17.8 Å². The van der Waals surface area contributed by atoms with E-state index >= 15 is 0 Å². The summed E-state index contributed by atoms with van der Waals surface area (Å²) in [4.78, 5) is 26.5. The van der Waals surface area contributed by atoms with Crippen LogP contribution >= 0.6 is 0 Å². The maximum Gasteiger partial charge on any atom is 0.229 e. The van der Waals surface area contributed by atoms with Crippen LogP contribution in [0.3, 0.4) is 0 Å². The van der Waals surface area contributed by atoms with Gasteiger partial charge in [-0.25, -0.2) is 15.4 Å². The van der Waals surface area contributed by atoms with Crippen LogP contribution in [0.15, 0.2) is 30.3 Å². The van der Waals surface area contributed by atoms with Gasteiger partial charge in [-0.1, -0.05) is 30.3 Å². The second kappa shape index (κ2) is 7.25. The summed E-state index contributed by atoms with van der Waals surface area (Å²) < 4.78 is 0. The maximum absolute atomic E-state index is 13.3. The summed E-state index contributed by atoms with van der Waals surface area (Å²) in [6.45, 7) is 3.80. The van der Waals surface area contributed by atoms with Crippen molar-refractivity contribution in [1.82, 2.24) is 25.7 Å². The molecule has 1 fully saturated rings. The molecule has 2 aliphatic heterocycles. The Hall–Kier alpha value is -2.51. The minimum atomic E-state index is -0.120. The summed E-state index contributed by atoms with van der Waals surface area (Å²) in [5, 5.41) is 0. The van der Waals surface area contributed by atoms with Gasteiger partial charge in [0, 0.05) is 32.7 Å². The van der Waals surface area contributed by atoms with Gasteiger partial charge in [0.2, 0.25) is 5.91 Å². The van der Waals surface area contributed by atoms with Gasteiger partial charge in [-0.05, 0) is 18.9 Å². The van der Waals surface area contributed by atoms with E-state index in [1.807, 2.05) is 49.0 Å². The van der Waals surface area contributed by atoms with Gasteiger partial charge in [-0.3, -0.25) is 10.2 Å². The van der Waals surface area contributed by atoms with Crippen molar-refractivity contribution in [2.24, 2.45) is 5.92 Å². The fourth-order valence-corrected chi connectivity index (χ4v) is 4.03. The van der Waals surface area contributed by atoms with Crippen molar-refractivity contribution in [2.75, 3.05) is 32.1 Å².